The van der Waals surface area contributed by atoms with E-state index in [-0.39, 0.29) is 5.56 Å². The second kappa shape index (κ2) is 4.82. The van der Waals surface area contributed by atoms with Crippen LogP contribution in [0.25, 0.3) is 11.2 Å². The molecule has 0 spiro atoms. The molecule has 0 saturated carbocycles. The average Bonchev–Trinajstić information content (AvgIpc) is 2.88. The Morgan fingerprint density at radius 2 is 2.15 bits per heavy atom. The highest BCUT2D eigenvalue weighted by Crippen LogP contribution is 2.33. The van der Waals surface area contributed by atoms with Crippen LogP contribution in [-0.2, 0) is 0 Å². The van der Waals surface area contributed by atoms with Crippen LogP contribution < -0.4 is 5.73 Å². The quantitative estimate of drug-likeness (QED) is 0.496. The van der Waals surface area contributed by atoms with Crippen LogP contribution in [0.15, 0.2) is 40.8 Å². The summed E-state index contributed by atoms with van der Waals surface area (Å²) in [5.74, 6) is -1.01. The third-order valence-electron chi connectivity index (χ3n) is 2.63. The number of hydrogen-bond donors (Lipinski definition) is 3. The van der Waals surface area contributed by atoms with Gasteiger partial charge in [-0.15, -0.1) is 0 Å². The molecule has 0 aliphatic heterocycles. The van der Waals surface area contributed by atoms with E-state index in [1.54, 1.807) is 12.1 Å². The fourth-order valence-corrected chi connectivity index (χ4v) is 2.75. The molecule has 0 aliphatic rings. The SMILES string of the molecule is Nc1ccc(C(=O)O)c(Sc2ncnc3nc[nH]c23)c1. The molecule has 2 heterocycles. The minimum atomic E-state index is -1.01. The zero-order valence-electron chi connectivity index (χ0n) is 10.1. The van der Waals surface area contributed by atoms with Crippen LogP contribution in [0.1, 0.15) is 10.4 Å². The summed E-state index contributed by atoms with van der Waals surface area (Å²) in [5.41, 5.74) is 7.58. The number of imidazole rings is 1. The summed E-state index contributed by atoms with van der Waals surface area (Å²) in [4.78, 5) is 26.9. The summed E-state index contributed by atoms with van der Waals surface area (Å²) in [6.45, 7) is 0. The minimum Gasteiger partial charge on any atom is -0.478 e. The lowest BCUT2D eigenvalue weighted by molar-refractivity contribution is 0.0693. The summed E-state index contributed by atoms with van der Waals surface area (Å²) in [5, 5.41) is 9.80. The summed E-state index contributed by atoms with van der Waals surface area (Å²) in [7, 11) is 0. The average molecular weight is 287 g/mol. The number of nitrogens with one attached hydrogen (secondary N) is 1. The first-order valence-electron chi connectivity index (χ1n) is 5.60. The molecule has 0 atom stereocenters. The van der Waals surface area contributed by atoms with Crippen molar-refractivity contribution in [2.75, 3.05) is 5.73 Å². The van der Waals surface area contributed by atoms with Crippen LogP contribution >= 0.6 is 11.8 Å². The number of anilines is 1. The van der Waals surface area contributed by atoms with Crippen LogP contribution in [0.5, 0.6) is 0 Å². The lowest BCUT2D eigenvalue weighted by Gasteiger charge is -2.06. The normalized spacial score (nSPS) is 10.8. The van der Waals surface area contributed by atoms with E-state index in [2.05, 4.69) is 19.9 Å². The van der Waals surface area contributed by atoms with E-state index in [9.17, 15) is 9.90 Å². The molecule has 100 valence electrons. The molecule has 0 radical (unpaired) electrons. The van der Waals surface area contributed by atoms with Gasteiger partial charge < -0.3 is 15.8 Å². The largest absolute Gasteiger partial charge is 0.478 e. The summed E-state index contributed by atoms with van der Waals surface area (Å²) < 4.78 is 0. The molecule has 0 aliphatic carbocycles. The van der Waals surface area contributed by atoms with Crippen LogP contribution in [0.2, 0.25) is 0 Å². The first-order valence-corrected chi connectivity index (χ1v) is 6.41. The zero-order chi connectivity index (χ0) is 14.1. The van der Waals surface area contributed by atoms with Crippen LogP contribution in [-0.4, -0.2) is 31.0 Å². The van der Waals surface area contributed by atoms with Gasteiger partial charge in [0.15, 0.2) is 5.65 Å². The van der Waals surface area contributed by atoms with Gasteiger partial charge in [0, 0.05) is 10.6 Å². The molecule has 1 aromatic carbocycles. The molecule has 0 fully saturated rings. The Bertz CT molecular complexity index is 801. The van der Waals surface area contributed by atoms with Gasteiger partial charge in [0.2, 0.25) is 0 Å². The van der Waals surface area contributed by atoms with Gasteiger partial charge in [-0.1, -0.05) is 11.8 Å². The van der Waals surface area contributed by atoms with E-state index in [0.717, 1.165) is 0 Å². The lowest BCUT2D eigenvalue weighted by atomic mass is 10.2. The monoisotopic (exact) mass is 287 g/mol. The fourth-order valence-electron chi connectivity index (χ4n) is 1.72. The number of nitrogens with two attached hydrogens (primary N) is 1. The molecule has 0 amide bonds. The number of nitrogens with zero attached hydrogens (tertiary/aromatic N) is 3. The number of benzene rings is 1. The molecule has 0 saturated heterocycles. The fraction of sp³-hybridized carbons (Fsp3) is 0. The van der Waals surface area contributed by atoms with E-state index in [1.165, 1.54) is 30.5 Å². The number of hydrogen-bond acceptors (Lipinski definition) is 6. The van der Waals surface area contributed by atoms with Gasteiger partial charge in [0.25, 0.3) is 0 Å². The van der Waals surface area contributed by atoms with Gasteiger partial charge >= 0.3 is 5.97 Å². The maximum atomic E-state index is 11.2. The third kappa shape index (κ3) is 2.16. The molecule has 0 unspecified atom stereocenters. The highest BCUT2D eigenvalue weighted by atomic mass is 32.2. The number of carboxylic acid groups (broad SMARTS) is 1. The molecule has 0 bridgehead atoms. The minimum absolute atomic E-state index is 0.176. The van der Waals surface area contributed by atoms with Crippen molar-refractivity contribution < 1.29 is 9.90 Å². The molecular formula is C12H9N5O2S. The van der Waals surface area contributed by atoms with Gasteiger partial charge in [0.1, 0.15) is 16.9 Å². The van der Waals surface area contributed by atoms with Crippen LogP contribution in [0.4, 0.5) is 5.69 Å². The number of aromatic amines is 1. The van der Waals surface area contributed by atoms with Crippen molar-refractivity contribution in [3.63, 3.8) is 0 Å². The van der Waals surface area contributed by atoms with Crippen LogP contribution in [0, 0.1) is 0 Å². The van der Waals surface area contributed by atoms with Crippen molar-refractivity contribution in [2.45, 2.75) is 9.92 Å². The Labute approximate surface area is 117 Å². The number of aromatic nitrogens is 4. The molecule has 4 N–H and O–H groups in total. The second-order valence-corrected chi connectivity index (χ2v) is 4.97. The smallest absolute Gasteiger partial charge is 0.336 e. The predicted octanol–water partition coefficient (Wildman–Crippen LogP) is 1.78. The highest BCUT2D eigenvalue weighted by molar-refractivity contribution is 7.99. The Hall–Kier alpha value is -2.61. The van der Waals surface area contributed by atoms with E-state index in [1.807, 2.05) is 0 Å². The Kier molecular flexibility index (Phi) is 2.99. The summed E-state index contributed by atoms with van der Waals surface area (Å²) >= 11 is 1.21. The van der Waals surface area contributed by atoms with Crippen molar-refractivity contribution in [3.05, 3.63) is 36.4 Å². The lowest BCUT2D eigenvalue weighted by Crippen LogP contribution is -2.00. The Morgan fingerprint density at radius 3 is 2.95 bits per heavy atom. The summed E-state index contributed by atoms with van der Waals surface area (Å²) in [6, 6.07) is 4.64. The third-order valence-corrected chi connectivity index (χ3v) is 3.69. The molecule has 7 nitrogen and oxygen atoms in total. The topological polar surface area (TPSA) is 118 Å². The number of fused-ring (bicyclic) bond motifs is 1. The molecule has 8 heteroatoms. The zero-order valence-corrected chi connectivity index (χ0v) is 10.9. The molecular weight excluding hydrogens is 278 g/mol. The summed E-state index contributed by atoms with van der Waals surface area (Å²) in [6.07, 6.45) is 2.90. The van der Waals surface area contributed by atoms with Crippen molar-refractivity contribution in [3.8, 4) is 0 Å². The molecule has 3 aromatic rings. The maximum absolute atomic E-state index is 11.2. The van der Waals surface area contributed by atoms with Gasteiger partial charge in [0.05, 0.1) is 11.9 Å². The number of nitrogen functional groups attached to an aromatic ring is 1. The number of H-pyrrole nitrogens is 1. The molecule has 2 aromatic heterocycles. The maximum Gasteiger partial charge on any atom is 0.336 e. The number of aromatic carboxylic acids is 1. The standard InChI is InChI=1S/C12H9N5O2S/c13-6-1-2-7(12(18)19)8(3-6)20-11-9-10(15-4-14-9)16-5-17-11/h1-5H,13H2,(H,18,19)(H,14,15,16,17). The van der Waals surface area contributed by atoms with Crippen molar-refractivity contribution >= 4 is 34.6 Å². The van der Waals surface area contributed by atoms with Crippen molar-refractivity contribution in [1.29, 1.82) is 0 Å². The van der Waals surface area contributed by atoms with Gasteiger partial charge in [-0.05, 0) is 18.2 Å². The second-order valence-electron chi connectivity index (χ2n) is 3.94. The number of carboxylic acids is 1. The van der Waals surface area contributed by atoms with Gasteiger partial charge in [-0.25, -0.2) is 19.7 Å². The van der Waals surface area contributed by atoms with Gasteiger partial charge in [-0.3, -0.25) is 0 Å². The number of carbonyl (C=O) groups is 1. The first-order chi connectivity index (χ1) is 9.65. The molecule has 20 heavy (non-hydrogen) atoms. The van der Waals surface area contributed by atoms with E-state index in [4.69, 9.17) is 5.73 Å². The van der Waals surface area contributed by atoms with Gasteiger partial charge in [-0.2, -0.15) is 0 Å². The Balaban J connectivity index is 2.09. The highest BCUT2D eigenvalue weighted by Gasteiger charge is 2.14. The van der Waals surface area contributed by atoms with Crippen molar-refractivity contribution in [1.82, 2.24) is 19.9 Å². The van der Waals surface area contributed by atoms with Crippen LogP contribution in [0.3, 0.4) is 0 Å². The van der Waals surface area contributed by atoms with E-state index < -0.39 is 5.97 Å². The van der Waals surface area contributed by atoms with E-state index >= 15 is 0 Å². The Morgan fingerprint density at radius 1 is 1.30 bits per heavy atom. The number of rotatable bonds is 3. The predicted molar refractivity (Wildman–Crippen MR) is 73.6 cm³/mol. The van der Waals surface area contributed by atoms with E-state index in [0.29, 0.717) is 26.8 Å². The first kappa shape index (κ1) is 12.4. The molecule has 3 rings (SSSR count). The van der Waals surface area contributed by atoms with Crippen molar-refractivity contribution in [2.24, 2.45) is 0 Å².